The highest BCUT2D eigenvalue weighted by molar-refractivity contribution is 5.73. The Balaban J connectivity index is 1.16. The minimum absolute atomic E-state index is 0.0177. The Bertz CT molecular complexity index is 1110. The second-order valence-corrected chi connectivity index (χ2v) is 19.2. The Morgan fingerprint density at radius 3 is 2.25 bits per heavy atom. The number of rotatable bonds is 10. The molecule has 9 atom stereocenters. The fourth-order valence-corrected chi connectivity index (χ4v) is 13.4. The third-order valence-electron chi connectivity index (χ3n) is 15.9. The normalized spacial score (nSPS) is 44.6. The number of carbonyl (C=O) groups is 2. The lowest BCUT2D eigenvalue weighted by molar-refractivity contribution is -0.248. The number of hydrogen-bond acceptors (Lipinski definition) is 4. The molecule has 0 aliphatic heterocycles. The number of carbonyl (C=O) groups excluding carboxylic acids is 1. The van der Waals surface area contributed by atoms with Crippen LogP contribution in [0.4, 0.5) is 0 Å². The summed E-state index contributed by atoms with van der Waals surface area (Å²) in [4.78, 5) is 24.5. The summed E-state index contributed by atoms with van der Waals surface area (Å²) in [6.45, 7) is 19.1. The van der Waals surface area contributed by atoms with E-state index in [1.54, 1.807) is 0 Å². The van der Waals surface area contributed by atoms with Gasteiger partial charge in [0.15, 0.2) is 0 Å². The van der Waals surface area contributed by atoms with Crippen LogP contribution in [0.1, 0.15) is 151 Å². The molecule has 0 amide bonds. The van der Waals surface area contributed by atoms with Crippen molar-refractivity contribution in [1.29, 1.82) is 0 Å². The van der Waals surface area contributed by atoms with Crippen molar-refractivity contribution in [2.75, 3.05) is 13.1 Å². The molecule has 6 fully saturated rings. The highest BCUT2D eigenvalue weighted by Gasteiger charge is 2.70. The minimum Gasteiger partial charge on any atom is -0.481 e. The van der Waals surface area contributed by atoms with Gasteiger partial charge in [-0.1, -0.05) is 54.9 Å². The monoisotopic (exact) mass is 611 g/mol. The SMILES string of the molecule is CC(C)(CC(=O)O)CC(=O)O[C@H]1CC[C@@]2(C)C(CC[C@]3(C)C2CC[C@@H]2[C@H]4CCC[C@]4(CCNCC4CC4)CC[C@]23C)C1(C)C. The van der Waals surface area contributed by atoms with E-state index in [1.807, 2.05) is 13.8 Å². The summed E-state index contributed by atoms with van der Waals surface area (Å²) in [5.41, 5.74) is 0.981. The number of hydrogen-bond donors (Lipinski definition) is 2. The van der Waals surface area contributed by atoms with Crippen LogP contribution in [-0.4, -0.2) is 36.2 Å². The summed E-state index contributed by atoms with van der Waals surface area (Å²) in [6.07, 6.45) is 19.0. The first-order valence-corrected chi connectivity index (χ1v) is 18.7. The van der Waals surface area contributed by atoms with Gasteiger partial charge >= 0.3 is 11.9 Å². The molecular formula is C39H65NO4. The molecule has 0 radical (unpaired) electrons. The first kappa shape index (κ1) is 32.8. The zero-order valence-electron chi connectivity index (χ0n) is 29.4. The summed E-state index contributed by atoms with van der Waals surface area (Å²) in [6, 6.07) is 0. The van der Waals surface area contributed by atoms with Crippen molar-refractivity contribution >= 4 is 11.9 Å². The van der Waals surface area contributed by atoms with E-state index in [0.29, 0.717) is 22.2 Å². The van der Waals surface area contributed by atoms with E-state index in [4.69, 9.17) is 4.74 Å². The lowest BCUT2D eigenvalue weighted by atomic mass is 9.32. The zero-order valence-corrected chi connectivity index (χ0v) is 29.4. The molecule has 6 aliphatic rings. The van der Waals surface area contributed by atoms with Crippen molar-refractivity contribution in [3.63, 3.8) is 0 Å². The Kier molecular flexibility index (Phi) is 8.40. The fourth-order valence-electron chi connectivity index (χ4n) is 13.4. The molecule has 0 aromatic carbocycles. The van der Waals surface area contributed by atoms with Crippen molar-refractivity contribution < 1.29 is 19.4 Å². The van der Waals surface area contributed by atoms with Crippen LogP contribution in [0.3, 0.4) is 0 Å². The molecule has 5 nitrogen and oxygen atoms in total. The summed E-state index contributed by atoms with van der Waals surface area (Å²) in [5.74, 6) is 2.95. The molecule has 6 saturated carbocycles. The molecule has 0 heterocycles. The highest BCUT2D eigenvalue weighted by atomic mass is 16.5. The molecule has 44 heavy (non-hydrogen) atoms. The van der Waals surface area contributed by atoms with E-state index in [0.717, 1.165) is 36.5 Å². The molecule has 2 unspecified atom stereocenters. The van der Waals surface area contributed by atoms with Gasteiger partial charge in [-0.15, -0.1) is 0 Å². The largest absolute Gasteiger partial charge is 0.481 e. The highest BCUT2D eigenvalue weighted by Crippen LogP contribution is 2.77. The third-order valence-corrected chi connectivity index (χ3v) is 15.9. The molecule has 2 N–H and O–H groups in total. The first-order valence-electron chi connectivity index (χ1n) is 18.7. The van der Waals surface area contributed by atoms with Crippen LogP contribution < -0.4 is 5.32 Å². The first-order chi connectivity index (χ1) is 20.6. The number of carboxylic acid groups (broad SMARTS) is 1. The summed E-state index contributed by atoms with van der Waals surface area (Å²) < 4.78 is 6.26. The van der Waals surface area contributed by atoms with Crippen LogP contribution in [0, 0.1) is 62.1 Å². The van der Waals surface area contributed by atoms with Crippen molar-refractivity contribution in [3.8, 4) is 0 Å². The molecule has 250 valence electrons. The van der Waals surface area contributed by atoms with Crippen LogP contribution in [0.2, 0.25) is 0 Å². The minimum atomic E-state index is -0.859. The Morgan fingerprint density at radius 2 is 1.55 bits per heavy atom. The van der Waals surface area contributed by atoms with Gasteiger partial charge < -0.3 is 15.2 Å². The zero-order chi connectivity index (χ0) is 31.8. The number of nitrogens with one attached hydrogen (secondary N) is 1. The molecule has 0 bridgehead atoms. The topological polar surface area (TPSA) is 75.6 Å². The molecule has 0 aromatic rings. The van der Waals surface area contributed by atoms with Gasteiger partial charge in [0.25, 0.3) is 0 Å². The predicted molar refractivity (Wildman–Crippen MR) is 176 cm³/mol. The molecule has 6 aliphatic carbocycles. The number of esters is 1. The maximum absolute atomic E-state index is 13.1. The van der Waals surface area contributed by atoms with E-state index < -0.39 is 11.4 Å². The third kappa shape index (κ3) is 5.39. The van der Waals surface area contributed by atoms with Gasteiger partial charge in [0.2, 0.25) is 0 Å². The number of fused-ring (bicyclic) bond motifs is 7. The van der Waals surface area contributed by atoms with Gasteiger partial charge in [-0.05, 0) is 153 Å². The molecule has 0 aromatic heterocycles. The number of aliphatic carboxylic acids is 1. The van der Waals surface area contributed by atoms with Crippen LogP contribution in [-0.2, 0) is 14.3 Å². The van der Waals surface area contributed by atoms with Crippen molar-refractivity contribution in [2.24, 2.45) is 62.1 Å². The van der Waals surface area contributed by atoms with E-state index in [9.17, 15) is 14.7 Å². The number of ether oxygens (including phenoxy) is 1. The lowest BCUT2D eigenvalue weighted by Gasteiger charge is -2.72. The van der Waals surface area contributed by atoms with Gasteiger partial charge in [-0.2, -0.15) is 0 Å². The van der Waals surface area contributed by atoms with Crippen LogP contribution in [0.5, 0.6) is 0 Å². The van der Waals surface area contributed by atoms with Gasteiger partial charge in [0.1, 0.15) is 6.10 Å². The average Bonchev–Trinajstić information content (AvgIpc) is 3.64. The lowest BCUT2D eigenvalue weighted by Crippen LogP contribution is -2.66. The average molecular weight is 612 g/mol. The molecule has 0 spiro atoms. The Morgan fingerprint density at radius 1 is 0.795 bits per heavy atom. The smallest absolute Gasteiger partial charge is 0.306 e. The van der Waals surface area contributed by atoms with Crippen molar-refractivity contribution in [1.82, 2.24) is 5.32 Å². The Hall–Kier alpha value is -1.10. The van der Waals surface area contributed by atoms with E-state index in [2.05, 4.69) is 39.9 Å². The summed E-state index contributed by atoms with van der Waals surface area (Å²) >= 11 is 0. The molecular weight excluding hydrogens is 546 g/mol. The van der Waals surface area contributed by atoms with E-state index in [1.165, 1.54) is 90.1 Å². The maximum atomic E-state index is 13.1. The predicted octanol–water partition coefficient (Wildman–Crippen LogP) is 9.03. The Labute approximate surface area is 268 Å². The second kappa shape index (κ2) is 11.3. The van der Waals surface area contributed by atoms with Gasteiger partial charge in [-0.3, -0.25) is 9.59 Å². The van der Waals surface area contributed by atoms with Crippen LogP contribution in [0.25, 0.3) is 0 Å². The summed E-state index contributed by atoms with van der Waals surface area (Å²) in [7, 11) is 0. The van der Waals surface area contributed by atoms with Gasteiger partial charge in [0, 0.05) is 5.41 Å². The molecule has 0 saturated heterocycles. The molecule has 5 heteroatoms. The molecule has 6 rings (SSSR count). The quantitative estimate of drug-likeness (QED) is 0.190. The fraction of sp³-hybridized carbons (Fsp3) is 0.949. The van der Waals surface area contributed by atoms with Gasteiger partial charge in [-0.25, -0.2) is 0 Å². The standard InChI is InChI=1S/C39H65NO4/c1-34(2,23-32(41)42)24-33(43)44-31-15-17-36(5)29(35(31,3)4)14-18-38(7)30(36)13-12-27-28-9-8-16-39(28,20-19-37(27,38)6)21-22-40-25-26-10-11-26/h26-31,40H,8-25H2,1-7H3,(H,41,42)/t27-,28-,29?,30?,31+,36+,37-,38-,39-/m1/s1. The van der Waals surface area contributed by atoms with Crippen molar-refractivity contribution in [3.05, 3.63) is 0 Å². The maximum Gasteiger partial charge on any atom is 0.306 e. The van der Waals surface area contributed by atoms with Crippen molar-refractivity contribution in [2.45, 2.75) is 157 Å². The second-order valence-electron chi connectivity index (χ2n) is 19.2. The summed E-state index contributed by atoms with van der Waals surface area (Å²) in [5, 5.41) is 13.2. The van der Waals surface area contributed by atoms with E-state index >= 15 is 0 Å². The van der Waals surface area contributed by atoms with Gasteiger partial charge in [0.05, 0.1) is 12.8 Å². The van der Waals surface area contributed by atoms with Crippen LogP contribution in [0.15, 0.2) is 0 Å². The van der Waals surface area contributed by atoms with E-state index in [-0.39, 0.29) is 35.7 Å². The van der Waals surface area contributed by atoms with Crippen LogP contribution >= 0.6 is 0 Å². The number of carboxylic acids is 1.